The molecule has 1 fully saturated rings. The second kappa shape index (κ2) is 7.59. The van der Waals surface area contributed by atoms with Crippen LogP contribution in [0.15, 0.2) is 35.4 Å². The molecule has 146 valence electrons. The van der Waals surface area contributed by atoms with Crippen LogP contribution in [0, 0.1) is 0 Å². The molecule has 0 amide bonds. The van der Waals surface area contributed by atoms with E-state index in [2.05, 4.69) is 9.88 Å². The van der Waals surface area contributed by atoms with Gasteiger partial charge in [0, 0.05) is 29.0 Å². The number of fused-ring (bicyclic) bond motifs is 3. The number of thiophene rings is 1. The Balaban J connectivity index is 1.47. The van der Waals surface area contributed by atoms with Crippen LogP contribution in [0.5, 0.6) is 0 Å². The fourth-order valence-corrected chi connectivity index (χ4v) is 5.81. The zero-order valence-corrected chi connectivity index (χ0v) is 17.1. The van der Waals surface area contributed by atoms with Gasteiger partial charge in [-0.05, 0) is 36.5 Å². The number of hydrogen-bond acceptors (Lipinski definition) is 5. The van der Waals surface area contributed by atoms with E-state index in [0.29, 0.717) is 17.6 Å². The van der Waals surface area contributed by atoms with Crippen molar-refractivity contribution < 1.29 is 4.74 Å². The maximum Gasteiger partial charge on any atom is 0.262 e. The van der Waals surface area contributed by atoms with E-state index in [-0.39, 0.29) is 5.56 Å². The van der Waals surface area contributed by atoms with E-state index in [4.69, 9.17) is 16.3 Å². The zero-order chi connectivity index (χ0) is 19.1. The van der Waals surface area contributed by atoms with Gasteiger partial charge >= 0.3 is 0 Å². The predicted octanol–water partition coefficient (Wildman–Crippen LogP) is 3.35. The molecule has 0 radical (unpaired) electrons. The summed E-state index contributed by atoms with van der Waals surface area (Å²) >= 11 is 7.97. The topological polar surface area (TPSA) is 47.4 Å². The van der Waals surface area contributed by atoms with Crippen LogP contribution in [0.1, 0.15) is 22.4 Å². The third kappa shape index (κ3) is 3.28. The van der Waals surface area contributed by atoms with Crippen LogP contribution >= 0.6 is 22.9 Å². The average molecular weight is 416 g/mol. The minimum Gasteiger partial charge on any atom is -0.379 e. The van der Waals surface area contributed by atoms with E-state index in [0.717, 1.165) is 61.3 Å². The van der Waals surface area contributed by atoms with Crippen molar-refractivity contribution in [1.82, 2.24) is 14.5 Å². The maximum absolute atomic E-state index is 13.2. The first-order chi connectivity index (χ1) is 13.7. The van der Waals surface area contributed by atoms with Gasteiger partial charge in [-0.25, -0.2) is 4.98 Å². The summed E-state index contributed by atoms with van der Waals surface area (Å²) in [7, 11) is 0. The third-order valence-electron chi connectivity index (χ3n) is 5.87. The van der Waals surface area contributed by atoms with E-state index in [1.54, 1.807) is 22.2 Å². The molecule has 3 heterocycles. The van der Waals surface area contributed by atoms with E-state index < -0.39 is 0 Å². The van der Waals surface area contributed by atoms with E-state index in [1.807, 2.05) is 24.3 Å². The number of ether oxygens (including phenoxy) is 1. The molecule has 2 aromatic heterocycles. The standard InChI is InChI=1S/C21H22ClN3O2S/c22-17-4-2-1-3-14(17)12-25-13-23-20-19(21(25)26)16-6-5-15(11-18(16)28-20)24-7-9-27-10-8-24/h1-4,13,15H,5-12H2/t15-/m0/s1. The Bertz CT molecular complexity index is 1070. The Hall–Kier alpha value is -1.73. The van der Waals surface area contributed by atoms with Crippen molar-refractivity contribution in [2.24, 2.45) is 0 Å². The largest absolute Gasteiger partial charge is 0.379 e. The van der Waals surface area contributed by atoms with E-state index in [9.17, 15) is 4.79 Å². The highest BCUT2D eigenvalue weighted by atomic mass is 35.5. The van der Waals surface area contributed by atoms with Gasteiger partial charge in [0.05, 0.1) is 31.5 Å². The lowest BCUT2D eigenvalue weighted by Gasteiger charge is -2.36. The lowest BCUT2D eigenvalue weighted by atomic mass is 9.92. The first-order valence-electron chi connectivity index (χ1n) is 9.75. The number of nitrogens with zero attached hydrogens (tertiary/aromatic N) is 3. The van der Waals surface area contributed by atoms with Crippen molar-refractivity contribution in [2.75, 3.05) is 26.3 Å². The third-order valence-corrected chi connectivity index (χ3v) is 7.40. The molecule has 1 aliphatic heterocycles. The van der Waals surface area contributed by atoms with Crippen LogP contribution in [0.25, 0.3) is 10.2 Å². The highest BCUT2D eigenvalue weighted by Crippen LogP contribution is 2.35. The fraction of sp³-hybridized carbons (Fsp3) is 0.429. The Morgan fingerprint density at radius 2 is 2.07 bits per heavy atom. The normalized spacial score (nSPS) is 20.4. The number of halogens is 1. The number of rotatable bonds is 3. The summed E-state index contributed by atoms with van der Waals surface area (Å²) in [6.07, 6.45) is 4.72. The first-order valence-corrected chi connectivity index (χ1v) is 10.9. The van der Waals surface area contributed by atoms with Gasteiger partial charge in [-0.3, -0.25) is 14.3 Å². The van der Waals surface area contributed by atoms with Crippen molar-refractivity contribution in [1.29, 1.82) is 0 Å². The summed E-state index contributed by atoms with van der Waals surface area (Å²) in [5.74, 6) is 0. The number of hydrogen-bond donors (Lipinski definition) is 0. The van der Waals surface area contributed by atoms with Crippen LogP contribution in [-0.2, 0) is 24.1 Å². The summed E-state index contributed by atoms with van der Waals surface area (Å²) in [4.78, 5) is 22.6. The first kappa shape index (κ1) is 18.3. The molecule has 1 saturated heterocycles. The van der Waals surface area contributed by atoms with Gasteiger partial charge in [-0.1, -0.05) is 29.8 Å². The van der Waals surface area contributed by atoms with Gasteiger partial charge in [0.1, 0.15) is 4.83 Å². The van der Waals surface area contributed by atoms with Crippen molar-refractivity contribution in [2.45, 2.75) is 31.8 Å². The van der Waals surface area contributed by atoms with Crippen LogP contribution < -0.4 is 5.56 Å². The Morgan fingerprint density at radius 1 is 1.25 bits per heavy atom. The molecule has 0 unspecified atom stereocenters. The highest BCUT2D eigenvalue weighted by Gasteiger charge is 2.29. The van der Waals surface area contributed by atoms with Crippen LogP contribution in [-0.4, -0.2) is 46.8 Å². The minimum atomic E-state index is 0.0484. The number of aromatic nitrogens is 2. The number of morpholine rings is 1. The summed E-state index contributed by atoms with van der Waals surface area (Å²) in [5, 5.41) is 1.49. The SMILES string of the molecule is O=c1c2c3c(sc2ncn1Cc1ccccc1Cl)C[C@@H](N1CCOCC1)CC3. The van der Waals surface area contributed by atoms with E-state index in [1.165, 1.54) is 10.4 Å². The van der Waals surface area contributed by atoms with Crippen molar-refractivity contribution >= 4 is 33.2 Å². The lowest BCUT2D eigenvalue weighted by molar-refractivity contribution is 0.0140. The molecule has 5 nitrogen and oxygen atoms in total. The van der Waals surface area contributed by atoms with Crippen LogP contribution in [0.3, 0.4) is 0 Å². The fourth-order valence-electron chi connectivity index (χ4n) is 4.36. The van der Waals surface area contributed by atoms with Gasteiger partial charge in [0.25, 0.3) is 5.56 Å². The summed E-state index contributed by atoms with van der Waals surface area (Å²) in [5.41, 5.74) is 2.20. The molecule has 1 aliphatic carbocycles. The Morgan fingerprint density at radius 3 is 2.89 bits per heavy atom. The van der Waals surface area contributed by atoms with Gasteiger partial charge in [0.15, 0.2) is 0 Å². The summed E-state index contributed by atoms with van der Waals surface area (Å²) < 4.78 is 7.18. The quantitative estimate of drug-likeness (QED) is 0.658. The lowest BCUT2D eigenvalue weighted by Crippen LogP contribution is -2.45. The van der Waals surface area contributed by atoms with Gasteiger partial charge in [-0.2, -0.15) is 0 Å². The van der Waals surface area contributed by atoms with Crippen LogP contribution in [0.4, 0.5) is 0 Å². The van der Waals surface area contributed by atoms with Crippen molar-refractivity contribution in [3.05, 3.63) is 62.0 Å². The minimum absolute atomic E-state index is 0.0484. The van der Waals surface area contributed by atoms with E-state index >= 15 is 0 Å². The second-order valence-electron chi connectivity index (χ2n) is 7.50. The molecular formula is C21H22ClN3O2S. The maximum atomic E-state index is 13.2. The molecule has 0 N–H and O–H groups in total. The van der Waals surface area contributed by atoms with Gasteiger partial charge in [0.2, 0.25) is 0 Å². The average Bonchev–Trinajstić information content (AvgIpc) is 3.10. The van der Waals surface area contributed by atoms with Gasteiger partial charge < -0.3 is 4.74 Å². The molecule has 3 aromatic rings. The molecule has 28 heavy (non-hydrogen) atoms. The monoisotopic (exact) mass is 415 g/mol. The molecule has 0 saturated carbocycles. The Kier molecular flexibility index (Phi) is 4.97. The second-order valence-corrected chi connectivity index (χ2v) is 8.99. The zero-order valence-electron chi connectivity index (χ0n) is 15.6. The van der Waals surface area contributed by atoms with Crippen molar-refractivity contribution in [3.63, 3.8) is 0 Å². The number of benzene rings is 1. The predicted molar refractivity (Wildman–Crippen MR) is 113 cm³/mol. The van der Waals surface area contributed by atoms with Gasteiger partial charge in [-0.15, -0.1) is 11.3 Å². The van der Waals surface area contributed by atoms with Crippen LogP contribution in [0.2, 0.25) is 5.02 Å². The molecular weight excluding hydrogens is 394 g/mol. The molecule has 2 aliphatic rings. The molecule has 5 rings (SSSR count). The highest BCUT2D eigenvalue weighted by molar-refractivity contribution is 7.18. The molecule has 7 heteroatoms. The molecule has 0 spiro atoms. The molecule has 1 atom stereocenters. The van der Waals surface area contributed by atoms with Crippen molar-refractivity contribution in [3.8, 4) is 0 Å². The smallest absolute Gasteiger partial charge is 0.262 e. The summed E-state index contributed by atoms with van der Waals surface area (Å²) in [6, 6.07) is 8.20. The Labute approximate surface area is 172 Å². The summed E-state index contributed by atoms with van der Waals surface area (Å²) in [6.45, 7) is 4.11. The molecule has 0 bridgehead atoms. The molecule has 1 aromatic carbocycles. The number of aryl methyl sites for hydroxylation is 1.